The van der Waals surface area contributed by atoms with Gasteiger partial charge in [-0.3, -0.25) is 0 Å². The SMILES string of the molecule is CC(C)OCCOCC(CO)NC1CC1. The van der Waals surface area contributed by atoms with Crippen molar-refractivity contribution in [3.05, 3.63) is 0 Å². The molecule has 0 radical (unpaired) electrons. The third kappa shape index (κ3) is 6.84. The fraction of sp³-hybridized carbons (Fsp3) is 1.00. The summed E-state index contributed by atoms with van der Waals surface area (Å²) in [6.07, 6.45) is 2.71. The van der Waals surface area contributed by atoms with Gasteiger partial charge in [0.1, 0.15) is 0 Å². The fourth-order valence-corrected chi connectivity index (χ4v) is 1.31. The van der Waals surface area contributed by atoms with Crippen molar-refractivity contribution in [3.63, 3.8) is 0 Å². The molecule has 1 saturated carbocycles. The minimum Gasteiger partial charge on any atom is -0.395 e. The van der Waals surface area contributed by atoms with E-state index in [1.807, 2.05) is 13.8 Å². The van der Waals surface area contributed by atoms with Crippen molar-refractivity contribution in [2.75, 3.05) is 26.4 Å². The Balaban J connectivity index is 1.91. The quantitative estimate of drug-likeness (QED) is 0.554. The molecule has 15 heavy (non-hydrogen) atoms. The fourth-order valence-electron chi connectivity index (χ4n) is 1.31. The molecular weight excluding hydrogens is 194 g/mol. The molecule has 0 bridgehead atoms. The number of hydrogen-bond donors (Lipinski definition) is 2. The Hall–Kier alpha value is -0.160. The zero-order valence-corrected chi connectivity index (χ0v) is 9.74. The molecule has 0 aromatic heterocycles. The molecule has 1 rings (SSSR count). The van der Waals surface area contributed by atoms with Crippen molar-refractivity contribution in [2.45, 2.75) is 44.9 Å². The maximum atomic E-state index is 9.07. The summed E-state index contributed by atoms with van der Waals surface area (Å²) in [6.45, 7) is 5.94. The Labute approximate surface area is 92.0 Å². The van der Waals surface area contributed by atoms with Crippen LogP contribution in [0.3, 0.4) is 0 Å². The van der Waals surface area contributed by atoms with E-state index < -0.39 is 0 Å². The number of rotatable bonds is 9. The van der Waals surface area contributed by atoms with Crippen LogP contribution in [-0.2, 0) is 9.47 Å². The number of ether oxygens (including phenoxy) is 2. The Kier molecular flexibility index (Phi) is 6.17. The lowest BCUT2D eigenvalue weighted by Crippen LogP contribution is -2.38. The first kappa shape index (κ1) is 12.9. The molecule has 1 aliphatic rings. The van der Waals surface area contributed by atoms with Gasteiger partial charge in [0.15, 0.2) is 0 Å². The molecule has 1 aliphatic carbocycles. The van der Waals surface area contributed by atoms with Crippen molar-refractivity contribution >= 4 is 0 Å². The second-order valence-corrected chi connectivity index (χ2v) is 4.31. The minimum atomic E-state index is 0.0801. The lowest BCUT2D eigenvalue weighted by Gasteiger charge is -2.16. The zero-order chi connectivity index (χ0) is 11.1. The lowest BCUT2D eigenvalue weighted by atomic mass is 10.3. The van der Waals surface area contributed by atoms with Crippen LogP contribution in [0.4, 0.5) is 0 Å². The van der Waals surface area contributed by atoms with Crippen molar-refractivity contribution in [3.8, 4) is 0 Å². The van der Waals surface area contributed by atoms with Crippen LogP contribution >= 0.6 is 0 Å². The molecule has 0 amide bonds. The Morgan fingerprint density at radius 1 is 1.33 bits per heavy atom. The van der Waals surface area contributed by atoms with Gasteiger partial charge in [-0.25, -0.2) is 0 Å². The van der Waals surface area contributed by atoms with Gasteiger partial charge in [0.2, 0.25) is 0 Å². The van der Waals surface area contributed by atoms with E-state index in [1.54, 1.807) is 0 Å². The number of hydrogen-bond acceptors (Lipinski definition) is 4. The highest BCUT2D eigenvalue weighted by Gasteiger charge is 2.24. The molecule has 1 fully saturated rings. The summed E-state index contributed by atoms with van der Waals surface area (Å²) in [5, 5.41) is 12.4. The molecule has 0 heterocycles. The molecule has 4 heteroatoms. The largest absolute Gasteiger partial charge is 0.395 e. The monoisotopic (exact) mass is 217 g/mol. The van der Waals surface area contributed by atoms with E-state index in [2.05, 4.69) is 5.32 Å². The lowest BCUT2D eigenvalue weighted by molar-refractivity contribution is 0.00921. The molecule has 1 atom stereocenters. The van der Waals surface area contributed by atoms with E-state index >= 15 is 0 Å². The molecule has 2 N–H and O–H groups in total. The minimum absolute atomic E-state index is 0.0801. The average Bonchev–Trinajstić information content (AvgIpc) is 2.99. The summed E-state index contributed by atoms with van der Waals surface area (Å²) in [6, 6.07) is 0.689. The average molecular weight is 217 g/mol. The van der Waals surface area contributed by atoms with E-state index in [0.29, 0.717) is 25.9 Å². The van der Waals surface area contributed by atoms with Crippen LogP contribution in [0.25, 0.3) is 0 Å². The van der Waals surface area contributed by atoms with Gasteiger partial charge in [0.25, 0.3) is 0 Å². The van der Waals surface area contributed by atoms with Gasteiger partial charge in [-0.05, 0) is 26.7 Å². The van der Waals surface area contributed by atoms with Gasteiger partial charge >= 0.3 is 0 Å². The maximum Gasteiger partial charge on any atom is 0.0703 e. The van der Waals surface area contributed by atoms with Crippen LogP contribution in [0.1, 0.15) is 26.7 Å². The third-order valence-corrected chi connectivity index (χ3v) is 2.27. The summed E-state index contributed by atoms with van der Waals surface area (Å²) in [5.74, 6) is 0. The van der Waals surface area contributed by atoms with Crippen molar-refractivity contribution < 1.29 is 14.6 Å². The molecule has 0 aliphatic heterocycles. The van der Waals surface area contributed by atoms with Crippen molar-refractivity contribution in [1.29, 1.82) is 0 Å². The highest BCUT2D eigenvalue weighted by molar-refractivity contribution is 4.84. The summed E-state index contributed by atoms with van der Waals surface area (Å²) in [5.41, 5.74) is 0. The number of aliphatic hydroxyl groups is 1. The highest BCUT2D eigenvalue weighted by atomic mass is 16.5. The summed E-state index contributed by atoms with van der Waals surface area (Å²) < 4.78 is 10.8. The van der Waals surface area contributed by atoms with Gasteiger partial charge in [0, 0.05) is 6.04 Å². The standard InChI is InChI=1S/C11H23NO3/c1-9(2)15-6-5-14-8-11(7-13)12-10-3-4-10/h9-13H,3-8H2,1-2H3. The third-order valence-electron chi connectivity index (χ3n) is 2.27. The predicted molar refractivity (Wildman–Crippen MR) is 58.9 cm³/mol. The second-order valence-electron chi connectivity index (χ2n) is 4.31. The van der Waals surface area contributed by atoms with Gasteiger partial charge < -0.3 is 19.9 Å². The Bertz CT molecular complexity index is 160. The summed E-state index contributed by atoms with van der Waals surface area (Å²) in [4.78, 5) is 0. The van der Waals surface area contributed by atoms with Crippen LogP contribution in [0, 0.1) is 0 Å². The smallest absolute Gasteiger partial charge is 0.0703 e. The van der Waals surface area contributed by atoms with Crippen LogP contribution in [0.5, 0.6) is 0 Å². The van der Waals surface area contributed by atoms with Crippen molar-refractivity contribution in [1.82, 2.24) is 5.32 Å². The van der Waals surface area contributed by atoms with E-state index in [-0.39, 0.29) is 18.8 Å². The van der Waals surface area contributed by atoms with E-state index in [9.17, 15) is 0 Å². The molecule has 0 aromatic rings. The van der Waals surface area contributed by atoms with Gasteiger partial charge in [0.05, 0.1) is 38.6 Å². The predicted octanol–water partition coefficient (Wildman–Crippen LogP) is 0.541. The van der Waals surface area contributed by atoms with Gasteiger partial charge in [-0.2, -0.15) is 0 Å². The normalized spacial score (nSPS) is 18.4. The molecule has 90 valence electrons. The van der Waals surface area contributed by atoms with Crippen LogP contribution in [-0.4, -0.2) is 49.7 Å². The molecule has 0 saturated heterocycles. The topological polar surface area (TPSA) is 50.7 Å². The van der Waals surface area contributed by atoms with Gasteiger partial charge in [-0.15, -0.1) is 0 Å². The van der Waals surface area contributed by atoms with Gasteiger partial charge in [-0.1, -0.05) is 0 Å². The first-order valence-corrected chi connectivity index (χ1v) is 5.78. The highest BCUT2D eigenvalue weighted by Crippen LogP contribution is 2.19. The van der Waals surface area contributed by atoms with Crippen LogP contribution in [0.15, 0.2) is 0 Å². The van der Waals surface area contributed by atoms with E-state index in [1.165, 1.54) is 12.8 Å². The Morgan fingerprint density at radius 2 is 2.07 bits per heavy atom. The Morgan fingerprint density at radius 3 is 2.60 bits per heavy atom. The number of nitrogens with one attached hydrogen (secondary N) is 1. The molecular formula is C11H23NO3. The van der Waals surface area contributed by atoms with E-state index in [4.69, 9.17) is 14.6 Å². The number of aliphatic hydroxyl groups excluding tert-OH is 1. The zero-order valence-electron chi connectivity index (χ0n) is 9.74. The van der Waals surface area contributed by atoms with Crippen LogP contribution < -0.4 is 5.32 Å². The van der Waals surface area contributed by atoms with Crippen molar-refractivity contribution in [2.24, 2.45) is 0 Å². The maximum absolute atomic E-state index is 9.07. The second kappa shape index (κ2) is 7.17. The molecule has 4 nitrogen and oxygen atoms in total. The van der Waals surface area contributed by atoms with Crippen LogP contribution in [0.2, 0.25) is 0 Å². The first-order chi connectivity index (χ1) is 7.22. The first-order valence-electron chi connectivity index (χ1n) is 5.78. The molecule has 0 spiro atoms. The molecule has 1 unspecified atom stereocenters. The summed E-state index contributed by atoms with van der Waals surface area (Å²) in [7, 11) is 0. The van der Waals surface area contributed by atoms with E-state index in [0.717, 1.165) is 0 Å². The summed E-state index contributed by atoms with van der Waals surface area (Å²) >= 11 is 0. The molecule has 0 aromatic carbocycles.